The van der Waals surface area contributed by atoms with Gasteiger partial charge in [0.25, 0.3) is 0 Å². The third kappa shape index (κ3) is 3.83. The predicted octanol–water partition coefficient (Wildman–Crippen LogP) is 2.94. The summed E-state index contributed by atoms with van der Waals surface area (Å²) < 4.78 is 0. The lowest BCUT2D eigenvalue weighted by Crippen LogP contribution is -2.50. The first-order valence-corrected chi connectivity index (χ1v) is 8.29. The molecule has 0 bridgehead atoms. The molecule has 4 heteroatoms. The minimum absolute atomic E-state index is 0.102. The number of carbonyl (C=O) groups is 1. The van der Waals surface area contributed by atoms with Crippen molar-refractivity contribution in [1.29, 1.82) is 0 Å². The SMILES string of the molecule is CC(C)(C)[C@@H]1CCN(C(=O)CCc2ccsc2)C[C@H]1O. The van der Waals surface area contributed by atoms with Crippen LogP contribution in [0.3, 0.4) is 0 Å². The van der Waals surface area contributed by atoms with E-state index in [-0.39, 0.29) is 17.2 Å². The molecule has 2 atom stereocenters. The average Bonchev–Trinajstić information content (AvgIpc) is 2.87. The van der Waals surface area contributed by atoms with Crippen LogP contribution in [-0.4, -0.2) is 35.1 Å². The Balaban J connectivity index is 1.84. The third-order valence-electron chi connectivity index (χ3n) is 4.25. The van der Waals surface area contributed by atoms with Crippen LogP contribution in [0.25, 0.3) is 0 Å². The highest BCUT2D eigenvalue weighted by Crippen LogP contribution is 2.34. The molecule has 0 radical (unpaired) electrons. The number of amides is 1. The number of hydrogen-bond acceptors (Lipinski definition) is 3. The van der Waals surface area contributed by atoms with Gasteiger partial charge in [-0.2, -0.15) is 11.3 Å². The Kier molecular flexibility index (Phi) is 4.86. The summed E-state index contributed by atoms with van der Waals surface area (Å²) in [5.74, 6) is 0.450. The zero-order valence-corrected chi connectivity index (χ0v) is 13.4. The maximum Gasteiger partial charge on any atom is 0.222 e. The molecule has 112 valence electrons. The number of aryl methyl sites for hydroxylation is 1. The van der Waals surface area contributed by atoms with Crippen LogP contribution in [0.2, 0.25) is 0 Å². The van der Waals surface area contributed by atoms with Crippen LogP contribution in [0.15, 0.2) is 16.8 Å². The van der Waals surface area contributed by atoms with Gasteiger partial charge in [0.2, 0.25) is 5.91 Å². The number of hydrogen-bond donors (Lipinski definition) is 1. The lowest BCUT2D eigenvalue weighted by molar-refractivity contribution is -0.137. The van der Waals surface area contributed by atoms with Gasteiger partial charge in [0.05, 0.1) is 6.10 Å². The van der Waals surface area contributed by atoms with E-state index in [9.17, 15) is 9.90 Å². The van der Waals surface area contributed by atoms with Crippen LogP contribution in [0.4, 0.5) is 0 Å². The molecule has 1 aromatic rings. The highest BCUT2D eigenvalue weighted by atomic mass is 32.1. The molecule has 1 fully saturated rings. The predicted molar refractivity (Wildman–Crippen MR) is 82.8 cm³/mol. The molecule has 0 unspecified atom stereocenters. The van der Waals surface area contributed by atoms with Crippen molar-refractivity contribution < 1.29 is 9.90 Å². The number of likely N-dealkylation sites (tertiary alicyclic amines) is 1. The summed E-state index contributed by atoms with van der Waals surface area (Å²) in [5, 5.41) is 14.4. The molecular weight excluding hydrogens is 270 g/mol. The molecule has 0 aliphatic carbocycles. The second kappa shape index (κ2) is 6.27. The molecule has 0 aromatic carbocycles. The van der Waals surface area contributed by atoms with Crippen LogP contribution in [0, 0.1) is 11.3 Å². The van der Waals surface area contributed by atoms with E-state index >= 15 is 0 Å². The summed E-state index contributed by atoms with van der Waals surface area (Å²) in [4.78, 5) is 14.0. The fraction of sp³-hybridized carbons (Fsp3) is 0.688. The molecule has 1 N–H and O–H groups in total. The first-order valence-electron chi connectivity index (χ1n) is 7.35. The summed E-state index contributed by atoms with van der Waals surface area (Å²) >= 11 is 1.67. The molecule has 1 aromatic heterocycles. The number of rotatable bonds is 3. The van der Waals surface area contributed by atoms with E-state index in [0.717, 1.165) is 19.4 Å². The van der Waals surface area contributed by atoms with E-state index < -0.39 is 6.10 Å². The molecule has 2 heterocycles. The van der Waals surface area contributed by atoms with Crippen LogP contribution >= 0.6 is 11.3 Å². The highest BCUT2D eigenvalue weighted by Gasteiger charge is 2.36. The fourth-order valence-electron chi connectivity index (χ4n) is 3.01. The first kappa shape index (κ1) is 15.5. The lowest BCUT2D eigenvalue weighted by Gasteiger charge is -2.42. The van der Waals surface area contributed by atoms with E-state index in [1.165, 1.54) is 5.56 Å². The molecule has 1 aliphatic rings. The van der Waals surface area contributed by atoms with E-state index in [2.05, 4.69) is 32.2 Å². The molecule has 2 rings (SSSR count). The minimum Gasteiger partial charge on any atom is -0.391 e. The van der Waals surface area contributed by atoms with Gasteiger partial charge >= 0.3 is 0 Å². The summed E-state index contributed by atoms with van der Waals surface area (Å²) in [6.45, 7) is 7.75. The van der Waals surface area contributed by atoms with E-state index in [4.69, 9.17) is 0 Å². The number of thiophene rings is 1. The van der Waals surface area contributed by atoms with Crippen molar-refractivity contribution in [2.75, 3.05) is 13.1 Å². The average molecular weight is 295 g/mol. The van der Waals surface area contributed by atoms with Crippen molar-refractivity contribution >= 4 is 17.2 Å². The zero-order chi connectivity index (χ0) is 14.8. The van der Waals surface area contributed by atoms with Crippen LogP contribution in [0.1, 0.15) is 39.2 Å². The van der Waals surface area contributed by atoms with Gasteiger partial charge in [-0.05, 0) is 46.6 Å². The summed E-state index contributed by atoms with van der Waals surface area (Å²) in [7, 11) is 0. The number of nitrogens with zero attached hydrogens (tertiary/aromatic N) is 1. The monoisotopic (exact) mass is 295 g/mol. The molecule has 3 nitrogen and oxygen atoms in total. The first-order chi connectivity index (χ1) is 9.38. The standard InChI is InChI=1S/C16H25NO2S/c1-16(2,3)13-6-8-17(10-14(13)18)15(19)5-4-12-7-9-20-11-12/h7,9,11,13-14,18H,4-6,8,10H2,1-3H3/t13-,14-/m1/s1. The Morgan fingerprint density at radius 1 is 1.50 bits per heavy atom. The van der Waals surface area contributed by atoms with Crippen LogP contribution < -0.4 is 0 Å². The van der Waals surface area contributed by atoms with Gasteiger partial charge in [-0.15, -0.1) is 0 Å². The van der Waals surface area contributed by atoms with E-state index in [0.29, 0.717) is 13.0 Å². The Hall–Kier alpha value is -0.870. The lowest BCUT2D eigenvalue weighted by atomic mass is 9.73. The number of carbonyl (C=O) groups excluding carboxylic acids is 1. The van der Waals surface area contributed by atoms with Crippen molar-refractivity contribution in [3.05, 3.63) is 22.4 Å². The van der Waals surface area contributed by atoms with Gasteiger partial charge in [0.15, 0.2) is 0 Å². The number of piperidine rings is 1. The minimum atomic E-state index is -0.395. The molecule has 0 saturated carbocycles. The number of aliphatic hydroxyl groups excluding tert-OH is 1. The van der Waals surface area contributed by atoms with Gasteiger partial charge in [0.1, 0.15) is 0 Å². The maximum atomic E-state index is 12.2. The van der Waals surface area contributed by atoms with Crippen molar-refractivity contribution in [2.45, 2.75) is 46.1 Å². The van der Waals surface area contributed by atoms with Gasteiger partial charge in [-0.1, -0.05) is 20.8 Å². The Morgan fingerprint density at radius 2 is 2.25 bits per heavy atom. The maximum absolute atomic E-state index is 12.2. The number of aliphatic hydroxyl groups is 1. The molecule has 0 spiro atoms. The van der Waals surface area contributed by atoms with Crippen molar-refractivity contribution in [2.24, 2.45) is 11.3 Å². The van der Waals surface area contributed by atoms with E-state index in [1.807, 2.05) is 10.3 Å². The van der Waals surface area contributed by atoms with Gasteiger partial charge in [-0.3, -0.25) is 4.79 Å². The van der Waals surface area contributed by atoms with Crippen molar-refractivity contribution in [3.8, 4) is 0 Å². The molecule has 1 saturated heterocycles. The van der Waals surface area contributed by atoms with Gasteiger partial charge in [0, 0.05) is 19.5 Å². The summed E-state index contributed by atoms with van der Waals surface area (Å²) in [5.41, 5.74) is 1.33. The van der Waals surface area contributed by atoms with E-state index in [1.54, 1.807) is 11.3 Å². The second-order valence-corrected chi connectivity index (χ2v) is 7.58. The Labute approximate surface area is 125 Å². The zero-order valence-electron chi connectivity index (χ0n) is 12.6. The molecular formula is C16H25NO2S. The fourth-order valence-corrected chi connectivity index (χ4v) is 3.72. The topological polar surface area (TPSA) is 40.5 Å². The Bertz CT molecular complexity index is 436. The van der Waals surface area contributed by atoms with Crippen molar-refractivity contribution in [3.63, 3.8) is 0 Å². The molecule has 20 heavy (non-hydrogen) atoms. The molecule has 1 aliphatic heterocycles. The quantitative estimate of drug-likeness (QED) is 0.931. The smallest absolute Gasteiger partial charge is 0.222 e. The van der Waals surface area contributed by atoms with Crippen LogP contribution in [-0.2, 0) is 11.2 Å². The summed E-state index contributed by atoms with van der Waals surface area (Å²) in [6, 6.07) is 2.07. The highest BCUT2D eigenvalue weighted by molar-refractivity contribution is 7.07. The Morgan fingerprint density at radius 3 is 2.80 bits per heavy atom. The third-order valence-corrected chi connectivity index (χ3v) is 4.99. The summed E-state index contributed by atoms with van der Waals surface area (Å²) in [6.07, 6.45) is 1.85. The number of β-amino-alcohol motifs (C(OH)–C–C–N with tert-alkyl or cyclic N) is 1. The van der Waals surface area contributed by atoms with Crippen LogP contribution in [0.5, 0.6) is 0 Å². The second-order valence-electron chi connectivity index (χ2n) is 6.80. The molecule has 1 amide bonds. The largest absolute Gasteiger partial charge is 0.391 e. The van der Waals surface area contributed by atoms with Gasteiger partial charge < -0.3 is 10.0 Å². The normalized spacial score (nSPS) is 23.9. The van der Waals surface area contributed by atoms with Crippen molar-refractivity contribution in [1.82, 2.24) is 4.90 Å². The van der Waals surface area contributed by atoms with Gasteiger partial charge in [-0.25, -0.2) is 0 Å².